The normalized spacial score (nSPS) is 22.7. The Morgan fingerprint density at radius 1 is 0.843 bits per heavy atom. The zero-order valence-electron chi connectivity index (χ0n) is 29.6. The molecule has 2 fully saturated rings. The zero-order valence-corrected chi connectivity index (χ0v) is 29.6. The first-order valence-corrected chi connectivity index (χ1v) is 17.8. The lowest BCUT2D eigenvalue weighted by molar-refractivity contribution is 0.0526. The molecule has 0 radical (unpaired) electrons. The summed E-state index contributed by atoms with van der Waals surface area (Å²) in [5, 5.41) is 11.3. The number of carbonyl (C=O) groups excluding carboxylic acids is 2. The molecule has 4 aliphatic heterocycles. The van der Waals surface area contributed by atoms with Gasteiger partial charge >= 0.3 is 0 Å². The molecule has 1 saturated carbocycles. The van der Waals surface area contributed by atoms with E-state index < -0.39 is 6.23 Å². The topological polar surface area (TPSA) is 110 Å². The first-order chi connectivity index (χ1) is 24.7. The summed E-state index contributed by atoms with van der Waals surface area (Å²) in [4.78, 5) is 33.0. The van der Waals surface area contributed by atoms with E-state index in [2.05, 4.69) is 0 Å². The molecule has 1 N–H and O–H groups in total. The van der Waals surface area contributed by atoms with Gasteiger partial charge in [-0.15, -0.1) is 0 Å². The van der Waals surface area contributed by atoms with Crippen LogP contribution in [0.5, 0.6) is 28.7 Å². The van der Waals surface area contributed by atoms with Crippen LogP contribution in [-0.2, 0) is 6.42 Å². The first kappa shape index (κ1) is 33.3. The first-order valence-electron chi connectivity index (χ1n) is 17.8. The fourth-order valence-electron chi connectivity index (χ4n) is 8.27. The van der Waals surface area contributed by atoms with Crippen LogP contribution in [0.15, 0.2) is 54.7 Å². The minimum Gasteiger partial charge on any atom is -0.497 e. The van der Waals surface area contributed by atoms with Crippen molar-refractivity contribution in [3.05, 3.63) is 77.0 Å². The standard InChI is InChI=1S/C40H45N3O8/c1-41-31-20-36(34(49-4)19-30(31)38(45)43-23-40(12-13-40)21-32(43)39(41)46)51-15-5-14-50-35-17-25-6-9-27-16-26(24-7-10-28(47-2)11-8-24)22-42(27)37(44)29(25)18-33(35)48-3/h7-8,10-11,17-20,22,27,32,39,46H,5-6,9,12-16,21,23H2,1-4H3/t27-,32+,39-/m1/s1. The molecule has 2 amide bonds. The van der Waals surface area contributed by atoms with Crippen molar-refractivity contribution < 1.29 is 38.4 Å². The van der Waals surface area contributed by atoms with Crippen LogP contribution in [0.4, 0.5) is 5.69 Å². The number of likely N-dealkylation sites (N-methyl/N-ethyl adjacent to an activating group) is 1. The van der Waals surface area contributed by atoms with E-state index in [0.29, 0.717) is 66.0 Å². The number of methoxy groups -OCH3 is 3. The van der Waals surface area contributed by atoms with Crippen molar-refractivity contribution in [2.75, 3.05) is 53.0 Å². The number of rotatable bonds is 10. The SMILES string of the molecule is COc1ccc(C2=CN3C(=O)c4cc(OC)c(OCCCOc5cc6c(cc5OC)C(=O)N5CC7(CC7)C[C@H]5[C@@H](O)N6C)cc4CC[C@@H]3C2)cc1. The zero-order chi connectivity index (χ0) is 35.4. The summed E-state index contributed by atoms with van der Waals surface area (Å²) >= 11 is 0. The lowest BCUT2D eigenvalue weighted by Gasteiger charge is -2.31. The number of carbonyl (C=O) groups is 2. The maximum atomic E-state index is 13.8. The molecule has 0 unspecified atom stereocenters. The van der Waals surface area contributed by atoms with Crippen LogP contribution in [-0.4, -0.2) is 93.2 Å². The van der Waals surface area contributed by atoms with Gasteiger partial charge in [-0.05, 0) is 91.0 Å². The van der Waals surface area contributed by atoms with Crippen LogP contribution in [0.2, 0.25) is 0 Å². The number of ether oxygens (including phenoxy) is 5. The monoisotopic (exact) mass is 695 g/mol. The summed E-state index contributed by atoms with van der Waals surface area (Å²) in [5.41, 5.74) is 5.12. The second-order valence-electron chi connectivity index (χ2n) is 14.5. The highest BCUT2D eigenvalue weighted by Gasteiger charge is 2.56. The Morgan fingerprint density at radius 3 is 2.20 bits per heavy atom. The molecule has 268 valence electrons. The van der Waals surface area contributed by atoms with Crippen molar-refractivity contribution in [3.8, 4) is 28.7 Å². The quantitative estimate of drug-likeness (QED) is 0.274. The van der Waals surface area contributed by atoms with Gasteiger partial charge in [0.1, 0.15) is 12.0 Å². The number of benzene rings is 3. The van der Waals surface area contributed by atoms with Crippen molar-refractivity contribution in [3.63, 3.8) is 0 Å². The maximum absolute atomic E-state index is 13.8. The lowest BCUT2D eigenvalue weighted by Crippen LogP contribution is -2.47. The average Bonchev–Trinajstić information content (AvgIpc) is 3.66. The van der Waals surface area contributed by atoms with Gasteiger partial charge in [-0.25, -0.2) is 0 Å². The molecule has 11 nitrogen and oxygen atoms in total. The summed E-state index contributed by atoms with van der Waals surface area (Å²) in [7, 11) is 6.62. The van der Waals surface area contributed by atoms with Crippen molar-refractivity contribution in [2.24, 2.45) is 5.41 Å². The number of aliphatic hydroxyl groups excluding tert-OH is 1. The summed E-state index contributed by atoms with van der Waals surface area (Å²) in [5.74, 6) is 2.75. The van der Waals surface area contributed by atoms with Gasteiger partial charge < -0.3 is 43.5 Å². The third-order valence-corrected chi connectivity index (χ3v) is 11.4. The number of hydrogen-bond acceptors (Lipinski definition) is 9. The summed E-state index contributed by atoms with van der Waals surface area (Å²) in [6.07, 6.45) is 7.18. The van der Waals surface area contributed by atoms with Crippen LogP contribution in [0, 0.1) is 5.41 Å². The fourth-order valence-corrected chi connectivity index (χ4v) is 8.27. The van der Waals surface area contributed by atoms with Gasteiger partial charge in [0.15, 0.2) is 23.0 Å². The van der Waals surface area contributed by atoms with E-state index in [0.717, 1.165) is 61.0 Å². The van der Waals surface area contributed by atoms with Crippen LogP contribution in [0.3, 0.4) is 0 Å². The van der Waals surface area contributed by atoms with Gasteiger partial charge in [0.2, 0.25) is 0 Å². The third kappa shape index (κ3) is 5.91. The van der Waals surface area contributed by atoms with Crippen LogP contribution < -0.4 is 28.6 Å². The van der Waals surface area contributed by atoms with Crippen LogP contribution in [0.25, 0.3) is 5.57 Å². The van der Waals surface area contributed by atoms with Crippen LogP contribution >= 0.6 is 0 Å². The van der Waals surface area contributed by atoms with E-state index in [9.17, 15) is 14.7 Å². The molecule has 4 heterocycles. The molecule has 1 aliphatic carbocycles. The Hall–Kier alpha value is -4.90. The maximum Gasteiger partial charge on any atom is 0.258 e. The van der Waals surface area contributed by atoms with Crippen molar-refractivity contribution >= 4 is 23.1 Å². The lowest BCUT2D eigenvalue weighted by atomic mass is 9.97. The van der Waals surface area contributed by atoms with Gasteiger partial charge in [-0.3, -0.25) is 9.59 Å². The fraction of sp³-hybridized carbons (Fsp3) is 0.450. The van der Waals surface area contributed by atoms with E-state index in [4.69, 9.17) is 23.7 Å². The van der Waals surface area contributed by atoms with Gasteiger partial charge in [0, 0.05) is 43.9 Å². The van der Waals surface area contributed by atoms with E-state index in [-0.39, 0.29) is 29.3 Å². The molecule has 3 atom stereocenters. The molecule has 0 bridgehead atoms. The Labute approximate surface area is 298 Å². The second-order valence-corrected chi connectivity index (χ2v) is 14.5. The summed E-state index contributed by atoms with van der Waals surface area (Å²) in [6, 6.07) is 15.1. The Balaban J connectivity index is 0.922. The summed E-state index contributed by atoms with van der Waals surface area (Å²) < 4.78 is 29.0. The number of anilines is 1. The van der Waals surface area contributed by atoms with Crippen molar-refractivity contribution in [2.45, 2.75) is 63.3 Å². The molecular weight excluding hydrogens is 650 g/mol. The highest BCUT2D eigenvalue weighted by Crippen LogP contribution is 2.56. The number of fused-ring (bicyclic) bond motifs is 4. The minimum atomic E-state index is -0.805. The highest BCUT2D eigenvalue weighted by molar-refractivity contribution is 6.02. The largest absolute Gasteiger partial charge is 0.497 e. The third-order valence-electron chi connectivity index (χ3n) is 11.4. The number of hydrogen-bond donors (Lipinski definition) is 1. The predicted octanol–water partition coefficient (Wildman–Crippen LogP) is 5.53. The van der Waals surface area contributed by atoms with Crippen molar-refractivity contribution in [1.82, 2.24) is 9.80 Å². The van der Waals surface area contributed by atoms with E-state index in [1.165, 1.54) is 0 Å². The van der Waals surface area contributed by atoms with Gasteiger partial charge in [-0.2, -0.15) is 0 Å². The van der Waals surface area contributed by atoms with Gasteiger partial charge in [0.05, 0.1) is 51.8 Å². The molecule has 1 spiro atoms. The molecule has 1 saturated heterocycles. The number of amides is 2. The number of aryl methyl sites for hydroxylation is 1. The Bertz CT molecular complexity index is 1890. The average molecular weight is 696 g/mol. The van der Waals surface area contributed by atoms with Crippen molar-refractivity contribution in [1.29, 1.82) is 0 Å². The molecule has 8 rings (SSSR count). The molecular formula is C40H45N3O8. The van der Waals surface area contributed by atoms with Crippen LogP contribution in [0.1, 0.15) is 70.4 Å². The van der Waals surface area contributed by atoms with Gasteiger partial charge in [0.25, 0.3) is 11.8 Å². The smallest absolute Gasteiger partial charge is 0.258 e. The molecule has 3 aromatic carbocycles. The Morgan fingerprint density at radius 2 is 1.53 bits per heavy atom. The van der Waals surface area contributed by atoms with E-state index in [1.54, 1.807) is 44.4 Å². The molecule has 0 aromatic heterocycles. The molecule has 51 heavy (non-hydrogen) atoms. The summed E-state index contributed by atoms with van der Waals surface area (Å²) in [6.45, 7) is 1.38. The number of nitrogens with zero attached hydrogens (tertiary/aromatic N) is 3. The molecule has 3 aromatic rings. The molecule has 11 heteroatoms. The van der Waals surface area contributed by atoms with E-state index >= 15 is 0 Å². The minimum absolute atomic E-state index is 0.0314. The van der Waals surface area contributed by atoms with E-state index in [1.807, 2.05) is 53.4 Å². The Kier molecular flexibility index (Phi) is 8.49. The number of aliphatic hydroxyl groups is 1. The predicted molar refractivity (Wildman–Crippen MR) is 191 cm³/mol. The molecule has 5 aliphatic rings. The highest BCUT2D eigenvalue weighted by atomic mass is 16.5. The second kappa shape index (κ2) is 13.0. The van der Waals surface area contributed by atoms with Gasteiger partial charge in [-0.1, -0.05) is 12.1 Å².